The third-order valence-electron chi connectivity index (χ3n) is 7.76. The van der Waals surface area contributed by atoms with Gasteiger partial charge in [-0.15, -0.1) is 0 Å². The number of nitriles is 1. The lowest BCUT2D eigenvalue weighted by Crippen LogP contribution is -2.44. The number of carbonyl (C=O) groups is 2. The number of piperidine rings is 2. The molecule has 2 fully saturated rings. The highest BCUT2D eigenvalue weighted by molar-refractivity contribution is 6.39. The zero-order chi connectivity index (χ0) is 28.6. The summed E-state index contributed by atoms with van der Waals surface area (Å²) in [5.41, 5.74) is 9.82. The number of aryl methyl sites for hydroxylation is 1. The van der Waals surface area contributed by atoms with Crippen LogP contribution in [0.4, 0.5) is 11.5 Å². The monoisotopic (exact) mass is 541 g/mol. The minimum Gasteiger partial charge on any atom is -0.383 e. The standard InChI is InChI=1S/C16H17N3.C15H22N4O2/c1-19-8-6-12(7-9-19)16-14(11-17)10-13-4-2-3-5-15(13)18-16;1-3-11-7-12(8-17-13(11)16)18-14(20)15(21)19-6-4-5-10(2)9-19/h2-5,10,12H,6-9H2,1H3;7-8,10H,3-6,9H2,1-2H3,(H2,16,17)(H,18,20). The van der Waals surface area contributed by atoms with Crippen LogP contribution in [0.3, 0.4) is 0 Å². The number of aromatic nitrogens is 2. The lowest BCUT2D eigenvalue weighted by atomic mass is 9.90. The largest absolute Gasteiger partial charge is 0.383 e. The van der Waals surface area contributed by atoms with E-state index in [1.807, 2.05) is 37.3 Å². The average Bonchev–Trinajstić information content (AvgIpc) is 2.97. The lowest BCUT2D eigenvalue weighted by molar-refractivity contribution is -0.144. The molecule has 0 aliphatic carbocycles. The van der Waals surface area contributed by atoms with Crippen molar-refractivity contribution in [3.05, 3.63) is 59.4 Å². The average molecular weight is 542 g/mol. The number of likely N-dealkylation sites (tertiary alicyclic amines) is 2. The van der Waals surface area contributed by atoms with Crippen LogP contribution < -0.4 is 11.1 Å². The van der Waals surface area contributed by atoms with Gasteiger partial charge in [-0.2, -0.15) is 5.26 Å². The van der Waals surface area contributed by atoms with Crippen LogP contribution in [0.15, 0.2) is 42.6 Å². The van der Waals surface area contributed by atoms with Crippen LogP contribution in [0.2, 0.25) is 0 Å². The summed E-state index contributed by atoms with van der Waals surface area (Å²) in [5, 5.41) is 13.0. The number of hydrogen-bond acceptors (Lipinski definition) is 7. The molecule has 2 aliphatic heterocycles. The zero-order valence-electron chi connectivity index (χ0n) is 23.7. The molecule has 1 aromatic carbocycles. The number of carbonyl (C=O) groups excluding carboxylic acids is 2. The van der Waals surface area contributed by atoms with E-state index in [4.69, 9.17) is 10.7 Å². The molecule has 3 aromatic rings. The van der Waals surface area contributed by atoms with Crippen molar-refractivity contribution in [2.45, 2.75) is 51.9 Å². The number of amides is 2. The Bertz CT molecular complexity index is 1390. The quantitative estimate of drug-likeness (QED) is 0.472. The van der Waals surface area contributed by atoms with Crippen LogP contribution in [0, 0.1) is 17.2 Å². The molecule has 9 heteroatoms. The molecule has 2 aromatic heterocycles. The van der Waals surface area contributed by atoms with E-state index in [0.29, 0.717) is 36.4 Å². The maximum atomic E-state index is 12.1. The van der Waals surface area contributed by atoms with Crippen LogP contribution >= 0.6 is 0 Å². The molecule has 2 aliphatic rings. The van der Waals surface area contributed by atoms with Crippen molar-refractivity contribution in [2.75, 3.05) is 44.3 Å². The van der Waals surface area contributed by atoms with E-state index in [1.54, 1.807) is 11.0 Å². The molecule has 0 bridgehead atoms. The maximum absolute atomic E-state index is 12.1. The Morgan fingerprint density at radius 3 is 2.60 bits per heavy atom. The van der Waals surface area contributed by atoms with Crippen molar-refractivity contribution >= 4 is 34.2 Å². The zero-order valence-corrected chi connectivity index (χ0v) is 23.7. The Labute approximate surface area is 236 Å². The van der Waals surface area contributed by atoms with Crippen molar-refractivity contribution in [3.63, 3.8) is 0 Å². The van der Waals surface area contributed by atoms with E-state index in [-0.39, 0.29) is 0 Å². The van der Waals surface area contributed by atoms with Crippen LogP contribution in [-0.4, -0.2) is 64.8 Å². The fraction of sp³-hybridized carbons (Fsp3) is 0.452. The van der Waals surface area contributed by atoms with Gasteiger partial charge >= 0.3 is 11.8 Å². The second kappa shape index (κ2) is 13.4. The first-order valence-electron chi connectivity index (χ1n) is 14.1. The number of nitrogens with two attached hydrogens (primary N) is 1. The highest BCUT2D eigenvalue weighted by Crippen LogP contribution is 2.30. The third kappa shape index (κ3) is 7.13. The SMILES string of the molecule is CCc1cc(NC(=O)C(=O)N2CCCC(C)C2)cnc1N.CN1CCC(c2nc3ccccc3cc2C#N)CC1. The molecule has 1 unspecified atom stereocenters. The molecule has 40 heavy (non-hydrogen) atoms. The Hall–Kier alpha value is -4.03. The third-order valence-corrected chi connectivity index (χ3v) is 7.76. The summed E-state index contributed by atoms with van der Waals surface area (Å²) in [6.07, 6.45) is 6.43. The summed E-state index contributed by atoms with van der Waals surface area (Å²) in [4.78, 5) is 36.9. The van der Waals surface area contributed by atoms with Gasteiger partial charge in [-0.3, -0.25) is 14.6 Å². The number of para-hydroxylation sites is 1. The molecule has 1 atom stereocenters. The number of nitrogen functional groups attached to an aromatic ring is 1. The fourth-order valence-electron chi connectivity index (χ4n) is 5.39. The number of nitrogens with one attached hydrogen (secondary N) is 1. The van der Waals surface area contributed by atoms with Gasteiger partial charge < -0.3 is 20.9 Å². The van der Waals surface area contributed by atoms with Gasteiger partial charge in [-0.1, -0.05) is 32.0 Å². The lowest BCUT2D eigenvalue weighted by Gasteiger charge is -2.30. The molecule has 5 rings (SSSR count). The summed E-state index contributed by atoms with van der Waals surface area (Å²) in [5.74, 6) is 0.233. The predicted molar refractivity (Wildman–Crippen MR) is 158 cm³/mol. The van der Waals surface area contributed by atoms with Gasteiger partial charge in [0.1, 0.15) is 11.9 Å². The molecule has 9 nitrogen and oxygen atoms in total. The van der Waals surface area contributed by atoms with Crippen molar-refractivity contribution < 1.29 is 9.59 Å². The molecule has 210 valence electrons. The molecule has 0 saturated carbocycles. The number of pyridine rings is 2. The van der Waals surface area contributed by atoms with Gasteiger partial charge in [0.25, 0.3) is 0 Å². The topological polar surface area (TPSA) is 128 Å². The predicted octanol–water partition coefficient (Wildman–Crippen LogP) is 4.34. The van der Waals surface area contributed by atoms with Crippen molar-refractivity contribution in [3.8, 4) is 6.07 Å². The van der Waals surface area contributed by atoms with Gasteiger partial charge in [-0.05, 0) is 81.9 Å². The summed E-state index contributed by atoms with van der Waals surface area (Å²) in [6.45, 7) is 7.52. The van der Waals surface area contributed by atoms with Gasteiger partial charge in [-0.25, -0.2) is 4.98 Å². The first-order valence-corrected chi connectivity index (χ1v) is 14.1. The number of fused-ring (bicyclic) bond motifs is 1. The minimum atomic E-state index is -0.613. The van der Waals surface area contributed by atoms with Crippen LogP contribution in [-0.2, 0) is 16.0 Å². The Kier molecular flexibility index (Phi) is 9.67. The normalized spacial score (nSPS) is 17.9. The summed E-state index contributed by atoms with van der Waals surface area (Å²) in [6, 6.07) is 14.1. The van der Waals surface area contributed by atoms with Crippen LogP contribution in [0.5, 0.6) is 0 Å². The second-order valence-electron chi connectivity index (χ2n) is 10.9. The smallest absolute Gasteiger partial charge is 0.313 e. The van der Waals surface area contributed by atoms with E-state index >= 15 is 0 Å². The van der Waals surface area contributed by atoms with E-state index in [0.717, 1.165) is 72.9 Å². The molecular weight excluding hydrogens is 502 g/mol. The van der Waals surface area contributed by atoms with E-state index in [2.05, 4.69) is 35.2 Å². The van der Waals surface area contributed by atoms with E-state index in [9.17, 15) is 14.9 Å². The van der Waals surface area contributed by atoms with Gasteiger partial charge in [0.2, 0.25) is 0 Å². The Morgan fingerprint density at radius 1 is 1.15 bits per heavy atom. The first kappa shape index (κ1) is 29.0. The van der Waals surface area contributed by atoms with E-state index < -0.39 is 11.8 Å². The summed E-state index contributed by atoms with van der Waals surface area (Å²) >= 11 is 0. The molecule has 4 heterocycles. The Morgan fingerprint density at radius 2 is 1.90 bits per heavy atom. The van der Waals surface area contributed by atoms with Gasteiger partial charge in [0.05, 0.1) is 28.7 Å². The molecule has 2 saturated heterocycles. The first-order chi connectivity index (χ1) is 19.3. The van der Waals surface area contributed by atoms with Gasteiger partial charge in [0, 0.05) is 24.4 Å². The van der Waals surface area contributed by atoms with Gasteiger partial charge in [0.15, 0.2) is 0 Å². The minimum absolute atomic E-state index is 0.426. The number of nitrogens with zero attached hydrogens (tertiary/aromatic N) is 5. The number of anilines is 2. The molecule has 0 spiro atoms. The number of hydrogen-bond donors (Lipinski definition) is 2. The number of rotatable bonds is 3. The van der Waals surface area contributed by atoms with E-state index in [1.165, 1.54) is 6.20 Å². The highest BCUT2D eigenvalue weighted by atomic mass is 16.2. The summed E-state index contributed by atoms with van der Waals surface area (Å²) < 4.78 is 0. The van der Waals surface area contributed by atoms with Crippen molar-refractivity contribution in [1.29, 1.82) is 5.26 Å². The second-order valence-corrected chi connectivity index (χ2v) is 10.9. The Balaban J connectivity index is 0.000000186. The highest BCUT2D eigenvalue weighted by Gasteiger charge is 2.26. The molecule has 0 radical (unpaired) electrons. The maximum Gasteiger partial charge on any atom is 0.313 e. The fourth-order valence-corrected chi connectivity index (χ4v) is 5.39. The van der Waals surface area contributed by atoms with Crippen LogP contribution in [0.25, 0.3) is 10.9 Å². The summed E-state index contributed by atoms with van der Waals surface area (Å²) in [7, 11) is 2.15. The van der Waals surface area contributed by atoms with Crippen LogP contribution in [0.1, 0.15) is 62.3 Å². The number of benzene rings is 1. The molecule has 3 N–H and O–H groups in total. The van der Waals surface area contributed by atoms with Crippen molar-refractivity contribution in [2.24, 2.45) is 5.92 Å². The molecular formula is C31H39N7O2. The van der Waals surface area contributed by atoms with Crippen molar-refractivity contribution in [1.82, 2.24) is 19.8 Å². The molecule has 2 amide bonds.